The zero-order chi connectivity index (χ0) is 14.1. The van der Waals surface area contributed by atoms with Crippen molar-refractivity contribution in [2.75, 3.05) is 19.8 Å². The van der Waals surface area contributed by atoms with Crippen LogP contribution in [0.15, 0.2) is 24.3 Å². The Morgan fingerprint density at radius 1 is 1.11 bits per heavy atom. The monoisotopic (exact) mass is 266 g/mol. The lowest BCUT2D eigenvalue weighted by Gasteiger charge is -2.15. The van der Waals surface area contributed by atoms with E-state index in [1.54, 1.807) is 0 Å². The van der Waals surface area contributed by atoms with Crippen LogP contribution in [-0.4, -0.2) is 24.9 Å². The van der Waals surface area contributed by atoms with Crippen LogP contribution in [0.4, 0.5) is 0 Å². The fourth-order valence-corrected chi connectivity index (χ4v) is 2.01. The molecular weight excluding hydrogens is 240 g/mol. The predicted octanol–water partition coefficient (Wildman–Crippen LogP) is 3.57. The number of benzene rings is 1. The van der Waals surface area contributed by atoms with Gasteiger partial charge in [0.25, 0.3) is 0 Å². The number of rotatable bonds is 9. The van der Waals surface area contributed by atoms with E-state index in [-0.39, 0.29) is 0 Å². The maximum atomic E-state index is 10.0. The van der Waals surface area contributed by atoms with Gasteiger partial charge in [0.05, 0.1) is 13.2 Å². The molecule has 0 bridgehead atoms. The molecule has 0 spiro atoms. The van der Waals surface area contributed by atoms with E-state index in [0.717, 1.165) is 11.3 Å². The molecular formula is C16H26O3. The Morgan fingerprint density at radius 3 is 2.37 bits per heavy atom. The molecule has 0 aliphatic rings. The molecule has 3 nitrogen and oxygen atoms in total. The number of ether oxygens (including phenoxy) is 2. The van der Waals surface area contributed by atoms with Gasteiger partial charge in [-0.25, -0.2) is 0 Å². The SMILES string of the molecule is CCCC(C)COCC(O)c1ccc(OCC)cc1. The first kappa shape index (κ1) is 16.0. The Hall–Kier alpha value is -1.06. The molecule has 2 unspecified atom stereocenters. The summed E-state index contributed by atoms with van der Waals surface area (Å²) >= 11 is 0. The second kappa shape index (κ2) is 8.94. The summed E-state index contributed by atoms with van der Waals surface area (Å²) in [4.78, 5) is 0. The van der Waals surface area contributed by atoms with Crippen LogP contribution >= 0.6 is 0 Å². The van der Waals surface area contributed by atoms with Crippen LogP contribution in [0.5, 0.6) is 5.75 Å². The molecule has 3 heteroatoms. The Kier molecular flexibility index (Phi) is 7.53. The van der Waals surface area contributed by atoms with Crippen LogP contribution in [0, 0.1) is 5.92 Å². The molecule has 0 saturated heterocycles. The Balaban J connectivity index is 2.34. The van der Waals surface area contributed by atoms with Gasteiger partial charge in [-0.05, 0) is 37.0 Å². The Morgan fingerprint density at radius 2 is 1.79 bits per heavy atom. The summed E-state index contributed by atoms with van der Waals surface area (Å²) in [7, 11) is 0. The molecule has 0 amide bonds. The maximum Gasteiger partial charge on any atom is 0.119 e. The molecule has 0 aromatic heterocycles. The van der Waals surface area contributed by atoms with Crippen molar-refractivity contribution < 1.29 is 14.6 Å². The van der Waals surface area contributed by atoms with Crippen LogP contribution in [-0.2, 0) is 4.74 Å². The van der Waals surface area contributed by atoms with Crippen molar-refractivity contribution in [1.29, 1.82) is 0 Å². The highest BCUT2D eigenvalue weighted by molar-refractivity contribution is 5.28. The zero-order valence-corrected chi connectivity index (χ0v) is 12.3. The van der Waals surface area contributed by atoms with Crippen molar-refractivity contribution in [2.24, 2.45) is 5.92 Å². The third-order valence-corrected chi connectivity index (χ3v) is 3.04. The van der Waals surface area contributed by atoms with E-state index in [2.05, 4.69) is 13.8 Å². The van der Waals surface area contributed by atoms with Crippen molar-refractivity contribution in [3.05, 3.63) is 29.8 Å². The maximum absolute atomic E-state index is 10.0. The molecule has 0 aliphatic carbocycles. The standard InChI is InChI=1S/C16H26O3/c1-4-6-13(3)11-18-12-16(17)14-7-9-15(10-8-14)19-5-2/h7-10,13,16-17H,4-6,11-12H2,1-3H3. The van der Waals surface area contributed by atoms with E-state index < -0.39 is 6.10 Å². The molecule has 0 saturated carbocycles. The molecule has 0 aliphatic heterocycles. The number of hydrogen-bond acceptors (Lipinski definition) is 3. The first-order valence-corrected chi connectivity index (χ1v) is 7.15. The molecule has 0 radical (unpaired) electrons. The van der Waals surface area contributed by atoms with E-state index in [4.69, 9.17) is 9.47 Å². The fourth-order valence-electron chi connectivity index (χ4n) is 2.01. The molecule has 0 fully saturated rings. The van der Waals surface area contributed by atoms with Crippen LogP contribution < -0.4 is 4.74 Å². The van der Waals surface area contributed by atoms with Crippen molar-refractivity contribution >= 4 is 0 Å². The van der Waals surface area contributed by atoms with E-state index in [0.29, 0.717) is 25.7 Å². The number of hydrogen-bond donors (Lipinski definition) is 1. The highest BCUT2D eigenvalue weighted by Gasteiger charge is 2.09. The van der Waals surface area contributed by atoms with Crippen LogP contribution in [0.2, 0.25) is 0 Å². The van der Waals surface area contributed by atoms with Gasteiger partial charge in [0.15, 0.2) is 0 Å². The molecule has 1 aromatic carbocycles. The van der Waals surface area contributed by atoms with E-state index in [1.807, 2.05) is 31.2 Å². The van der Waals surface area contributed by atoms with Crippen LogP contribution in [0.3, 0.4) is 0 Å². The smallest absolute Gasteiger partial charge is 0.119 e. The molecule has 1 aromatic rings. The lowest BCUT2D eigenvalue weighted by molar-refractivity contribution is 0.0215. The van der Waals surface area contributed by atoms with E-state index >= 15 is 0 Å². The molecule has 2 atom stereocenters. The average Bonchev–Trinajstić information content (AvgIpc) is 2.40. The fraction of sp³-hybridized carbons (Fsp3) is 0.625. The lowest BCUT2D eigenvalue weighted by atomic mass is 10.1. The minimum Gasteiger partial charge on any atom is -0.494 e. The van der Waals surface area contributed by atoms with Crippen molar-refractivity contribution in [3.8, 4) is 5.75 Å². The predicted molar refractivity (Wildman–Crippen MR) is 77.5 cm³/mol. The normalized spacial score (nSPS) is 14.1. The average molecular weight is 266 g/mol. The highest BCUT2D eigenvalue weighted by Crippen LogP contribution is 2.18. The largest absolute Gasteiger partial charge is 0.494 e. The summed E-state index contributed by atoms with van der Waals surface area (Å²) in [5, 5.41) is 10.0. The van der Waals surface area contributed by atoms with Gasteiger partial charge in [-0.15, -0.1) is 0 Å². The van der Waals surface area contributed by atoms with Gasteiger partial charge < -0.3 is 14.6 Å². The molecule has 19 heavy (non-hydrogen) atoms. The first-order valence-electron chi connectivity index (χ1n) is 7.15. The Bertz CT molecular complexity index is 334. The molecule has 1 rings (SSSR count). The van der Waals surface area contributed by atoms with Crippen molar-refractivity contribution in [3.63, 3.8) is 0 Å². The summed E-state index contributed by atoms with van der Waals surface area (Å²) in [6.07, 6.45) is 1.77. The summed E-state index contributed by atoms with van der Waals surface area (Å²) in [6, 6.07) is 7.52. The van der Waals surface area contributed by atoms with Gasteiger partial charge >= 0.3 is 0 Å². The van der Waals surface area contributed by atoms with Gasteiger partial charge in [-0.3, -0.25) is 0 Å². The van der Waals surface area contributed by atoms with E-state index in [9.17, 15) is 5.11 Å². The minimum atomic E-state index is -0.565. The molecule has 1 N–H and O–H groups in total. The third-order valence-electron chi connectivity index (χ3n) is 3.04. The Labute approximate surface area is 116 Å². The summed E-state index contributed by atoms with van der Waals surface area (Å²) in [6.45, 7) is 8.01. The zero-order valence-electron chi connectivity index (χ0n) is 12.3. The molecule has 0 heterocycles. The minimum absolute atomic E-state index is 0.349. The van der Waals surface area contributed by atoms with Gasteiger partial charge in [0.1, 0.15) is 11.9 Å². The third kappa shape index (κ3) is 6.08. The van der Waals surface area contributed by atoms with Gasteiger partial charge in [-0.1, -0.05) is 32.4 Å². The summed E-state index contributed by atoms with van der Waals surface area (Å²) in [5.74, 6) is 1.38. The highest BCUT2D eigenvalue weighted by atomic mass is 16.5. The van der Waals surface area contributed by atoms with Crippen LogP contribution in [0.1, 0.15) is 45.3 Å². The second-order valence-electron chi connectivity index (χ2n) is 4.95. The van der Waals surface area contributed by atoms with Crippen molar-refractivity contribution in [1.82, 2.24) is 0 Å². The van der Waals surface area contributed by atoms with Crippen molar-refractivity contribution in [2.45, 2.75) is 39.7 Å². The van der Waals surface area contributed by atoms with Gasteiger partial charge in [-0.2, -0.15) is 0 Å². The summed E-state index contributed by atoms with van der Waals surface area (Å²) < 4.78 is 10.9. The number of aliphatic hydroxyl groups excluding tert-OH is 1. The van der Waals surface area contributed by atoms with E-state index in [1.165, 1.54) is 12.8 Å². The second-order valence-corrected chi connectivity index (χ2v) is 4.95. The quantitative estimate of drug-likeness (QED) is 0.742. The van der Waals surface area contributed by atoms with Gasteiger partial charge in [0.2, 0.25) is 0 Å². The summed E-state index contributed by atoms with van der Waals surface area (Å²) in [5.41, 5.74) is 0.867. The topological polar surface area (TPSA) is 38.7 Å². The number of aliphatic hydroxyl groups is 1. The van der Waals surface area contributed by atoms with Gasteiger partial charge in [0, 0.05) is 6.61 Å². The van der Waals surface area contributed by atoms with Crippen LogP contribution in [0.25, 0.3) is 0 Å². The first-order chi connectivity index (χ1) is 9.17. The lowest BCUT2D eigenvalue weighted by Crippen LogP contribution is -2.12. The molecule has 108 valence electrons.